The number of carbonyl (C=O) groups excluding carboxylic acids is 1. The van der Waals surface area contributed by atoms with Gasteiger partial charge < -0.3 is 19.9 Å². The molecule has 0 radical (unpaired) electrons. The maximum absolute atomic E-state index is 12.2. The van der Waals surface area contributed by atoms with Gasteiger partial charge in [0.15, 0.2) is 0 Å². The number of aryl methyl sites for hydroxylation is 1. The summed E-state index contributed by atoms with van der Waals surface area (Å²) in [6.07, 6.45) is 3.45. The zero-order valence-corrected chi connectivity index (χ0v) is 14.4. The van der Waals surface area contributed by atoms with Gasteiger partial charge in [-0.2, -0.15) is 8.78 Å². The number of nitrogens with zero attached hydrogens (tertiary/aromatic N) is 2. The summed E-state index contributed by atoms with van der Waals surface area (Å²) in [6, 6.07) is 3.96. The number of halogens is 2. The third-order valence-electron chi connectivity index (χ3n) is 3.46. The molecule has 0 spiro atoms. The van der Waals surface area contributed by atoms with E-state index >= 15 is 0 Å². The molecular formula is C17H22F2N4O2. The Morgan fingerprint density at radius 2 is 2.12 bits per heavy atom. The zero-order valence-electron chi connectivity index (χ0n) is 14.4. The standard InChI is InChI=1S/C17H22F2N4O2/c1-11(2)9-23-10-20-7-13(23)8-21-17(24)22-15-5-4-14(6-12(15)3)25-16(18)19/h4-7,10-11,16H,8-9H2,1-3H3,(H2,21,22,24). The van der Waals surface area contributed by atoms with E-state index < -0.39 is 6.61 Å². The Bertz CT molecular complexity index is 716. The maximum atomic E-state index is 12.2. The number of benzene rings is 1. The Kier molecular flexibility index (Phi) is 6.32. The molecule has 0 aliphatic carbocycles. The highest BCUT2D eigenvalue weighted by atomic mass is 19.3. The molecule has 136 valence electrons. The number of alkyl halides is 2. The Morgan fingerprint density at radius 3 is 2.76 bits per heavy atom. The fourth-order valence-electron chi connectivity index (χ4n) is 2.34. The van der Waals surface area contributed by atoms with E-state index in [1.54, 1.807) is 19.4 Å². The molecule has 2 rings (SSSR count). The molecule has 2 N–H and O–H groups in total. The van der Waals surface area contributed by atoms with E-state index in [4.69, 9.17) is 0 Å². The predicted octanol–water partition coefficient (Wildman–Crippen LogP) is 3.77. The first-order valence-corrected chi connectivity index (χ1v) is 7.94. The highest BCUT2D eigenvalue weighted by Crippen LogP contribution is 2.22. The molecule has 2 aromatic rings. The molecule has 1 heterocycles. The fraction of sp³-hybridized carbons (Fsp3) is 0.412. The van der Waals surface area contributed by atoms with Gasteiger partial charge in [-0.1, -0.05) is 13.8 Å². The van der Waals surface area contributed by atoms with Gasteiger partial charge in [0.1, 0.15) is 5.75 Å². The Morgan fingerprint density at radius 1 is 1.36 bits per heavy atom. The number of carbonyl (C=O) groups is 1. The Labute approximate surface area is 145 Å². The minimum absolute atomic E-state index is 0.0519. The van der Waals surface area contributed by atoms with Gasteiger partial charge in [0.25, 0.3) is 0 Å². The summed E-state index contributed by atoms with van der Waals surface area (Å²) < 4.78 is 30.7. The molecule has 25 heavy (non-hydrogen) atoms. The van der Waals surface area contributed by atoms with E-state index in [0.29, 0.717) is 23.7 Å². The monoisotopic (exact) mass is 352 g/mol. The van der Waals surface area contributed by atoms with Crippen molar-refractivity contribution < 1.29 is 18.3 Å². The molecule has 0 atom stereocenters. The summed E-state index contributed by atoms with van der Waals surface area (Å²) in [7, 11) is 0. The summed E-state index contributed by atoms with van der Waals surface area (Å²) in [5.41, 5.74) is 2.05. The minimum atomic E-state index is -2.88. The van der Waals surface area contributed by atoms with Crippen molar-refractivity contribution in [2.75, 3.05) is 5.32 Å². The van der Waals surface area contributed by atoms with Crippen molar-refractivity contribution in [2.24, 2.45) is 5.92 Å². The third kappa shape index (κ3) is 5.74. The van der Waals surface area contributed by atoms with Crippen LogP contribution in [-0.2, 0) is 13.1 Å². The molecule has 2 amide bonds. The average molecular weight is 352 g/mol. The highest BCUT2D eigenvalue weighted by Gasteiger charge is 2.10. The molecule has 0 fully saturated rings. The van der Waals surface area contributed by atoms with Crippen molar-refractivity contribution in [1.29, 1.82) is 0 Å². The molecular weight excluding hydrogens is 330 g/mol. The van der Waals surface area contributed by atoms with E-state index in [2.05, 4.69) is 34.2 Å². The van der Waals surface area contributed by atoms with E-state index in [9.17, 15) is 13.6 Å². The van der Waals surface area contributed by atoms with Gasteiger partial charge >= 0.3 is 12.6 Å². The van der Waals surface area contributed by atoms with Gasteiger partial charge in [-0.05, 0) is 36.6 Å². The molecule has 0 bridgehead atoms. The molecule has 0 saturated heterocycles. The summed E-state index contributed by atoms with van der Waals surface area (Å²) in [5, 5.41) is 5.45. The first kappa shape index (κ1) is 18.7. The lowest BCUT2D eigenvalue weighted by atomic mass is 10.2. The quantitative estimate of drug-likeness (QED) is 0.797. The largest absolute Gasteiger partial charge is 0.435 e. The lowest BCUT2D eigenvalue weighted by Gasteiger charge is -2.13. The van der Waals surface area contributed by atoms with Crippen LogP contribution in [0.5, 0.6) is 5.75 Å². The fourth-order valence-corrected chi connectivity index (χ4v) is 2.34. The average Bonchev–Trinajstić information content (AvgIpc) is 2.94. The SMILES string of the molecule is Cc1cc(OC(F)F)ccc1NC(=O)NCc1cncn1CC(C)C. The lowest BCUT2D eigenvalue weighted by Crippen LogP contribution is -2.29. The highest BCUT2D eigenvalue weighted by molar-refractivity contribution is 5.90. The number of amides is 2. The van der Waals surface area contributed by atoms with Gasteiger partial charge in [-0.15, -0.1) is 0 Å². The lowest BCUT2D eigenvalue weighted by molar-refractivity contribution is -0.0498. The van der Waals surface area contributed by atoms with E-state index in [-0.39, 0.29) is 11.8 Å². The number of ether oxygens (including phenoxy) is 1. The van der Waals surface area contributed by atoms with Crippen LogP contribution in [0.2, 0.25) is 0 Å². The third-order valence-corrected chi connectivity index (χ3v) is 3.46. The number of rotatable bonds is 7. The van der Waals surface area contributed by atoms with Crippen LogP contribution in [0.1, 0.15) is 25.1 Å². The van der Waals surface area contributed by atoms with Crippen LogP contribution in [0.25, 0.3) is 0 Å². The van der Waals surface area contributed by atoms with Crippen LogP contribution in [0.3, 0.4) is 0 Å². The molecule has 6 nitrogen and oxygen atoms in total. The molecule has 0 saturated carbocycles. The maximum Gasteiger partial charge on any atom is 0.387 e. The van der Waals surface area contributed by atoms with Crippen LogP contribution >= 0.6 is 0 Å². The summed E-state index contributed by atoms with van der Waals surface area (Å²) in [5.74, 6) is 0.523. The second-order valence-corrected chi connectivity index (χ2v) is 6.09. The van der Waals surface area contributed by atoms with Crippen LogP contribution in [0, 0.1) is 12.8 Å². The molecule has 1 aromatic heterocycles. The van der Waals surface area contributed by atoms with Crippen molar-refractivity contribution in [3.63, 3.8) is 0 Å². The number of hydrogen-bond acceptors (Lipinski definition) is 3. The molecule has 0 unspecified atom stereocenters. The van der Waals surface area contributed by atoms with Gasteiger partial charge in [0, 0.05) is 18.4 Å². The number of anilines is 1. The normalized spacial score (nSPS) is 11.0. The van der Waals surface area contributed by atoms with E-state index in [1.807, 2.05) is 4.57 Å². The van der Waals surface area contributed by atoms with Gasteiger partial charge in [-0.3, -0.25) is 0 Å². The predicted molar refractivity (Wildman–Crippen MR) is 90.7 cm³/mol. The Hall–Kier alpha value is -2.64. The van der Waals surface area contributed by atoms with Crippen LogP contribution in [0.15, 0.2) is 30.7 Å². The summed E-state index contributed by atoms with van der Waals surface area (Å²) in [6.45, 7) is 4.19. The van der Waals surface area contributed by atoms with Gasteiger partial charge in [-0.25, -0.2) is 9.78 Å². The second-order valence-electron chi connectivity index (χ2n) is 6.09. The van der Waals surface area contributed by atoms with Crippen molar-refractivity contribution >= 4 is 11.7 Å². The topological polar surface area (TPSA) is 68.2 Å². The van der Waals surface area contributed by atoms with Crippen molar-refractivity contribution in [2.45, 2.75) is 40.5 Å². The smallest absolute Gasteiger partial charge is 0.387 e. The van der Waals surface area contributed by atoms with Crippen LogP contribution in [0.4, 0.5) is 19.3 Å². The number of hydrogen-bond donors (Lipinski definition) is 2. The van der Waals surface area contributed by atoms with Gasteiger partial charge in [0.2, 0.25) is 0 Å². The number of urea groups is 1. The summed E-state index contributed by atoms with van der Waals surface area (Å²) in [4.78, 5) is 16.2. The number of aromatic nitrogens is 2. The molecule has 0 aliphatic heterocycles. The van der Waals surface area contributed by atoms with Gasteiger partial charge in [0.05, 0.1) is 18.6 Å². The van der Waals surface area contributed by atoms with Crippen molar-refractivity contribution in [3.8, 4) is 5.75 Å². The second kappa shape index (κ2) is 8.46. The molecule has 0 aliphatic rings. The van der Waals surface area contributed by atoms with E-state index in [0.717, 1.165) is 12.2 Å². The number of nitrogens with one attached hydrogen (secondary N) is 2. The Balaban J connectivity index is 1.91. The molecule has 1 aromatic carbocycles. The summed E-state index contributed by atoms with van der Waals surface area (Å²) >= 11 is 0. The van der Waals surface area contributed by atoms with Crippen molar-refractivity contribution in [3.05, 3.63) is 42.0 Å². The minimum Gasteiger partial charge on any atom is -0.435 e. The first-order chi connectivity index (χ1) is 11.8. The van der Waals surface area contributed by atoms with Crippen molar-refractivity contribution in [1.82, 2.24) is 14.9 Å². The van der Waals surface area contributed by atoms with Crippen LogP contribution < -0.4 is 15.4 Å². The zero-order chi connectivity index (χ0) is 18.4. The molecule has 8 heteroatoms. The first-order valence-electron chi connectivity index (χ1n) is 7.94. The van der Waals surface area contributed by atoms with Crippen LogP contribution in [-0.4, -0.2) is 22.2 Å². The number of imidazole rings is 1. The van der Waals surface area contributed by atoms with E-state index in [1.165, 1.54) is 18.2 Å².